The molecule has 1 aromatic rings. The van der Waals surface area contributed by atoms with Gasteiger partial charge in [-0.05, 0) is 17.7 Å². The number of hydrogen-bond donors (Lipinski definition) is 1. The summed E-state index contributed by atoms with van der Waals surface area (Å²) in [7, 11) is -2.87. The SMILES string of the molecule is O=C(O)c1ccc(CN2CCS(=O)(=O)CC2)c(Br)c1. The van der Waals surface area contributed by atoms with Crippen LogP contribution in [0.2, 0.25) is 0 Å². The zero-order valence-electron chi connectivity index (χ0n) is 10.2. The molecular formula is C12H14BrNO4S. The van der Waals surface area contributed by atoms with Crippen LogP contribution < -0.4 is 0 Å². The van der Waals surface area contributed by atoms with Crippen LogP contribution in [0.5, 0.6) is 0 Å². The quantitative estimate of drug-likeness (QED) is 0.893. The number of carbonyl (C=O) groups is 1. The largest absolute Gasteiger partial charge is 0.478 e. The van der Waals surface area contributed by atoms with Crippen molar-refractivity contribution in [3.05, 3.63) is 33.8 Å². The van der Waals surface area contributed by atoms with Gasteiger partial charge >= 0.3 is 5.97 Å². The van der Waals surface area contributed by atoms with Gasteiger partial charge in [0.1, 0.15) is 0 Å². The van der Waals surface area contributed by atoms with Gasteiger partial charge < -0.3 is 5.11 Å². The van der Waals surface area contributed by atoms with Gasteiger partial charge in [0.15, 0.2) is 9.84 Å². The predicted octanol–water partition coefficient (Wildman–Crippen LogP) is 1.38. The smallest absolute Gasteiger partial charge is 0.335 e. The fraction of sp³-hybridized carbons (Fsp3) is 0.417. The van der Waals surface area contributed by atoms with E-state index in [2.05, 4.69) is 20.8 Å². The molecule has 0 amide bonds. The van der Waals surface area contributed by atoms with Gasteiger partial charge in [-0.25, -0.2) is 13.2 Å². The van der Waals surface area contributed by atoms with E-state index >= 15 is 0 Å². The Balaban J connectivity index is 2.06. The van der Waals surface area contributed by atoms with Crippen molar-refractivity contribution in [1.29, 1.82) is 0 Å². The maximum atomic E-state index is 11.3. The third kappa shape index (κ3) is 3.77. The average molecular weight is 348 g/mol. The molecule has 0 aliphatic carbocycles. The Morgan fingerprint density at radius 2 is 1.95 bits per heavy atom. The summed E-state index contributed by atoms with van der Waals surface area (Å²) in [5, 5.41) is 8.88. The summed E-state index contributed by atoms with van der Waals surface area (Å²) in [5.74, 6) is -0.577. The molecule has 1 heterocycles. The van der Waals surface area contributed by atoms with Crippen molar-refractivity contribution in [3.8, 4) is 0 Å². The van der Waals surface area contributed by atoms with Crippen LogP contribution in [0, 0.1) is 0 Å². The standard InChI is InChI=1S/C12H14BrNO4S/c13-11-7-9(12(15)16)1-2-10(11)8-14-3-5-19(17,18)6-4-14/h1-2,7H,3-6,8H2,(H,15,16). The molecular weight excluding hydrogens is 334 g/mol. The summed E-state index contributed by atoms with van der Waals surface area (Å²) in [6.45, 7) is 1.67. The van der Waals surface area contributed by atoms with Gasteiger partial charge in [0.2, 0.25) is 0 Å². The van der Waals surface area contributed by atoms with Gasteiger partial charge in [-0.3, -0.25) is 4.90 Å². The number of nitrogens with zero attached hydrogens (tertiary/aromatic N) is 1. The average Bonchev–Trinajstić information content (AvgIpc) is 2.34. The van der Waals surface area contributed by atoms with Crippen molar-refractivity contribution in [2.24, 2.45) is 0 Å². The summed E-state index contributed by atoms with van der Waals surface area (Å²) in [6.07, 6.45) is 0. The van der Waals surface area contributed by atoms with E-state index in [0.29, 0.717) is 19.6 Å². The monoisotopic (exact) mass is 347 g/mol. The van der Waals surface area contributed by atoms with E-state index in [0.717, 1.165) is 10.0 Å². The molecule has 5 nitrogen and oxygen atoms in total. The normalized spacial score (nSPS) is 19.2. The highest BCUT2D eigenvalue weighted by molar-refractivity contribution is 9.10. The van der Waals surface area contributed by atoms with Crippen LogP contribution in [0.25, 0.3) is 0 Å². The van der Waals surface area contributed by atoms with E-state index in [1.54, 1.807) is 18.2 Å². The molecule has 1 fully saturated rings. The number of rotatable bonds is 3. The van der Waals surface area contributed by atoms with Gasteiger partial charge in [-0.2, -0.15) is 0 Å². The first-order chi connectivity index (χ1) is 8.87. The number of carboxylic acids is 1. The Labute approximate surface area is 120 Å². The second kappa shape index (κ2) is 5.60. The second-order valence-electron chi connectivity index (χ2n) is 4.54. The Kier molecular flexibility index (Phi) is 4.27. The highest BCUT2D eigenvalue weighted by Crippen LogP contribution is 2.21. The van der Waals surface area contributed by atoms with Crippen LogP contribution in [0.3, 0.4) is 0 Å². The number of halogens is 1. The van der Waals surface area contributed by atoms with E-state index in [1.165, 1.54) is 0 Å². The minimum Gasteiger partial charge on any atom is -0.478 e. The van der Waals surface area contributed by atoms with E-state index < -0.39 is 15.8 Å². The van der Waals surface area contributed by atoms with Crippen LogP contribution in [-0.4, -0.2) is 49.0 Å². The number of sulfone groups is 1. The second-order valence-corrected chi connectivity index (χ2v) is 7.70. The highest BCUT2D eigenvalue weighted by atomic mass is 79.9. The highest BCUT2D eigenvalue weighted by Gasteiger charge is 2.22. The fourth-order valence-corrected chi connectivity index (χ4v) is 3.74. The predicted molar refractivity (Wildman–Crippen MR) is 75.0 cm³/mol. The molecule has 0 saturated carbocycles. The third-order valence-corrected chi connectivity index (χ3v) is 5.48. The van der Waals surface area contributed by atoms with Crippen molar-refractivity contribution in [3.63, 3.8) is 0 Å². The van der Waals surface area contributed by atoms with Crippen molar-refractivity contribution >= 4 is 31.7 Å². The van der Waals surface area contributed by atoms with Gasteiger partial charge in [0.25, 0.3) is 0 Å². The van der Waals surface area contributed by atoms with Gasteiger partial charge in [-0.15, -0.1) is 0 Å². The maximum Gasteiger partial charge on any atom is 0.335 e. The van der Waals surface area contributed by atoms with Gasteiger partial charge in [0.05, 0.1) is 17.1 Å². The molecule has 0 radical (unpaired) electrons. The molecule has 19 heavy (non-hydrogen) atoms. The van der Waals surface area contributed by atoms with Crippen LogP contribution in [0.4, 0.5) is 0 Å². The van der Waals surface area contributed by atoms with Crippen molar-refractivity contribution in [2.45, 2.75) is 6.54 Å². The maximum absolute atomic E-state index is 11.3. The lowest BCUT2D eigenvalue weighted by Crippen LogP contribution is -2.39. The molecule has 0 atom stereocenters. The van der Waals surface area contributed by atoms with Crippen molar-refractivity contribution in [2.75, 3.05) is 24.6 Å². The number of hydrogen-bond acceptors (Lipinski definition) is 4. The lowest BCUT2D eigenvalue weighted by molar-refractivity contribution is 0.0696. The van der Waals surface area contributed by atoms with Crippen molar-refractivity contribution in [1.82, 2.24) is 4.90 Å². The van der Waals surface area contributed by atoms with Gasteiger partial charge in [-0.1, -0.05) is 22.0 Å². The number of benzene rings is 1. The van der Waals surface area contributed by atoms with Crippen LogP contribution >= 0.6 is 15.9 Å². The first-order valence-electron chi connectivity index (χ1n) is 5.82. The molecule has 1 aliphatic rings. The van der Waals surface area contributed by atoms with E-state index in [4.69, 9.17) is 5.11 Å². The molecule has 104 valence electrons. The van der Waals surface area contributed by atoms with E-state index in [-0.39, 0.29) is 17.1 Å². The lowest BCUT2D eigenvalue weighted by atomic mass is 10.1. The Morgan fingerprint density at radius 3 is 2.47 bits per heavy atom. The Hall–Kier alpha value is -0.920. The van der Waals surface area contributed by atoms with Crippen LogP contribution in [-0.2, 0) is 16.4 Å². The summed E-state index contributed by atoms with van der Waals surface area (Å²) in [5.41, 5.74) is 1.20. The lowest BCUT2D eigenvalue weighted by Gasteiger charge is -2.26. The third-order valence-electron chi connectivity index (χ3n) is 3.13. The topological polar surface area (TPSA) is 74.7 Å². The first-order valence-corrected chi connectivity index (χ1v) is 8.43. The zero-order valence-corrected chi connectivity index (χ0v) is 12.6. The number of carboxylic acid groups (broad SMARTS) is 1. The van der Waals surface area contributed by atoms with Gasteiger partial charge in [0, 0.05) is 24.1 Å². The molecule has 0 bridgehead atoms. The molecule has 2 rings (SSSR count). The minimum atomic E-state index is -2.87. The zero-order chi connectivity index (χ0) is 14.0. The first kappa shape index (κ1) is 14.5. The van der Waals surface area contributed by atoms with Crippen molar-refractivity contribution < 1.29 is 18.3 Å². The van der Waals surface area contributed by atoms with E-state index in [1.807, 2.05) is 0 Å². The fourth-order valence-electron chi connectivity index (χ4n) is 1.96. The Bertz CT molecular complexity index is 586. The number of aromatic carboxylic acids is 1. The summed E-state index contributed by atoms with van der Waals surface area (Å²) >= 11 is 3.36. The summed E-state index contributed by atoms with van der Waals surface area (Å²) < 4.78 is 23.4. The molecule has 1 saturated heterocycles. The summed E-state index contributed by atoms with van der Waals surface area (Å²) in [4.78, 5) is 12.9. The Morgan fingerprint density at radius 1 is 1.32 bits per heavy atom. The molecule has 1 aliphatic heterocycles. The molecule has 0 aromatic heterocycles. The molecule has 7 heteroatoms. The molecule has 0 unspecified atom stereocenters. The minimum absolute atomic E-state index is 0.192. The molecule has 1 N–H and O–H groups in total. The molecule has 1 aromatic carbocycles. The van der Waals surface area contributed by atoms with Crippen LogP contribution in [0.15, 0.2) is 22.7 Å². The molecule has 0 spiro atoms. The summed E-state index contributed by atoms with van der Waals surface area (Å²) in [6, 6.07) is 4.89. The van der Waals surface area contributed by atoms with E-state index in [9.17, 15) is 13.2 Å². The van der Waals surface area contributed by atoms with Crippen LogP contribution in [0.1, 0.15) is 15.9 Å².